The number of halogens is 1. The van der Waals surface area contributed by atoms with Crippen molar-refractivity contribution in [1.29, 1.82) is 0 Å². The molecule has 0 saturated carbocycles. The zero-order valence-electron chi connectivity index (χ0n) is 17.8. The number of rotatable bonds is 6. The number of benzene rings is 1. The predicted molar refractivity (Wildman–Crippen MR) is 125 cm³/mol. The van der Waals surface area contributed by atoms with Gasteiger partial charge in [0.15, 0.2) is 5.16 Å². The summed E-state index contributed by atoms with van der Waals surface area (Å²) in [5.41, 5.74) is 1.53. The number of fused-ring (bicyclic) bond motifs is 1. The Hall–Kier alpha value is -2.91. The number of thiophene rings is 1. The molecule has 1 unspecified atom stereocenters. The molecule has 2 aromatic heterocycles. The van der Waals surface area contributed by atoms with Crippen molar-refractivity contribution in [3.63, 3.8) is 0 Å². The van der Waals surface area contributed by atoms with Crippen LogP contribution in [0.25, 0.3) is 0 Å². The van der Waals surface area contributed by atoms with E-state index in [2.05, 4.69) is 15.3 Å². The molecular weight excluding hydrogens is 449 g/mol. The maximum atomic E-state index is 13.9. The molecule has 1 aromatic carbocycles. The minimum atomic E-state index is -0.584. The van der Waals surface area contributed by atoms with Gasteiger partial charge in [-0.3, -0.25) is 4.79 Å². The van der Waals surface area contributed by atoms with Crippen LogP contribution in [0.5, 0.6) is 0 Å². The molecule has 32 heavy (non-hydrogen) atoms. The quantitative estimate of drug-likeness (QED) is 0.298. The second-order valence-corrected chi connectivity index (χ2v) is 9.52. The molecule has 2 N–H and O–H groups in total. The lowest BCUT2D eigenvalue weighted by molar-refractivity contribution is -0.142. The molecule has 0 spiro atoms. The summed E-state index contributed by atoms with van der Waals surface area (Å²) in [6.45, 7) is 5.34. The van der Waals surface area contributed by atoms with Gasteiger partial charge < -0.3 is 15.0 Å². The Bertz CT molecular complexity index is 1240. The Morgan fingerprint density at radius 3 is 2.75 bits per heavy atom. The fourth-order valence-corrected chi connectivity index (χ4v) is 5.24. The Balaban J connectivity index is 1.72. The number of ether oxygens (including phenoxy) is 1. The monoisotopic (exact) mass is 471 g/mol. The maximum absolute atomic E-state index is 13.9. The van der Waals surface area contributed by atoms with Crippen molar-refractivity contribution in [2.45, 2.75) is 43.7 Å². The summed E-state index contributed by atoms with van der Waals surface area (Å²) >= 11 is 2.70. The van der Waals surface area contributed by atoms with E-state index in [1.54, 1.807) is 39.0 Å². The SMILES string of the molecule is CC1=C(C(=O)OC(C)C)C(c2cccs2)c2c(nc(SCc3ccccc3F)[nH]c2=O)N1. The first-order valence-electron chi connectivity index (χ1n) is 10.1. The summed E-state index contributed by atoms with van der Waals surface area (Å²) in [7, 11) is 0. The van der Waals surface area contributed by atoms with Crippen molar-refractivity contribution in [2.24, 2.45) is 0 Å². The predicted octanol–water partition coefficient (Wildman–Crippen LogP) is 5.05. The first kappa shape index (κ1) is 22.3. The van der Waals surface area contributed by atoms with E-state index in [0.717, 1.165) is 4.88 Å². The third-order valence-corrected chi connectivity index (χ3v) is 6.79. The molecule has 3 heterocycles. The van der Waals surface area contributed by atoms with E-state index >= 15 is 0 Å². The molecule has 6 nitrogen and oxygen atoms in total. The number of thioether (sulfide) groups is 1. The van der Waals surface area contributed by atoms with Gasteiger partial charge in [-0.2, -0.15) is 0 Å². The molecule has 0 bridgehead atoms. The second-order valence-electron chi connectivity index (χ2n) is 7.58. The summed E-state index contributed by atoms with van der Waals surface area (Å²) in [6, 6.07) is 10.3. The van der Waals surface area contributed by atoms with E-state index in [1.807, 2.05) is 17.5 Å². The number of hydrogen-bond acceptors (Lipinski definition) is 7. The average Bonchev–Trinajstić information content (AvgIpc) is 3.26. The van der Waals surface area contributed by atoms with Crippen LogP contribution in [-0.2, 0) is 15.3 Å². The van der Waals surface area contributed by atoms with E-state index in [1.165, 1.54) is 29.2 Å². The number of aromatic nitrogens is 2. The van der Waals surface area contributed by atoms with E-state index in [0.29, 0.717) is 39.1 Å². The van der Waals surface area contributed by atoms with E-state index < -0.39 is 11.9 Å². The topological polar surface area (TPSA) is 84.1 Å². The Labute approximate surface area is 192 Å². The molecule has 0 amide bonds. The lowest BCUT2D eigenvalue weighted by Gasteiger charge is -2.28. The molecule has 0 radical (unpaired) electrons. The highest BCUT2D eigenvalue weighted by Gasteiger charge is 2.37. The van der Waals surface area contributed by atoms with Gasteiger partial charge >= 0.3 is 5.97 Å². The second kappa shape index (κ2) is 9.30. The van der Waals surface area contributed by atoms with Gasteiger partial charge in [-0.25, -0.2) is 14.2 Å². The van der Waals surface area contributed by atoms with Crippen LogP contribution in [0, 0.1) is 5.82 Å². The first-order valence-corrected chi connectivity index (χ1v) is 11.9. The molecule has 9 heteroatoms. The Kier molecular flexibility index (Phi) is 6.48. The van der Waals surface area contributed by atoms with Gasteiger partial charge in [0.25, 0.3) is 5.56 Å². The standard InChI is InChI=1S/C23H22FN3O3S2/c1-12(2)30-22(29)17-13(3)25-20-19(18(17)16-9-6-10-31-16)21(28)27-23(26-20)32-11-14-7-4-5-8-15(14)24/h4-10,12,18H,11H2,1-3H3,(H2,25,26,27,28). The van der Waals surface area contributed by atoms with E-state index in [9.17, 15) is 14.0 Å². The van der Waals surface area contributed by atoms with E-state index in [4.69, 9.17) is 4.74 Å². The maximum Gasteiger partial charge on any atom is 0.337 e. The van der Waals surface area contributed by atoms with Gasteiger partial charge in [-0.15, -0.1) is 11.3 Å². The van der Waals surface area contributed by atoms with Crippen LogP contribution in [0.1, 0.15) is 42.7 Å². The van der Waals surface area contributed by atoms with Crippen LogP contribution in [0.15, 0.2) is 63.0 Å². The highest BCUT2D eigenvalue weighted by Crippen LogP contribution is 2.41. The molecule has 0 fully saturated rings. The van der Waals surface area contributed by atoms with Crippen LogP contribution < -0.4 is 10.9 Å². The van der Waals surface area contributed by atoms with Gasteiger partial charge in [-0.05, 0) is 43.8 Å². The Morgan fingerprint density at radius 1 is 1.28 bits per heavy atom. The molecule has 166 valence electrons. The largest absolute Gasteiger partial charge is 0.460 e. The minimum absolute atomic E-state index is 0.290. The summed E-state index contributed by atoms with van der Waals surface area (Å²) in [4.78, 5) is 34.3. The third kappa shape index (κ3) is 4.49. The first-order chi connectivity index (χ1) is 15.3. The van der Waals surface area contributed by atoms with Crippen molar-refractivity contribution in [3.05, 3.63) is 85.2 Å². The number of hydrogen-bond donors (Lipinski definition) is 2. The van der Waals surface area contributed by atoms with Crippen LogP contribution >= 0.6 is 23.1 Å². The summed E-state index contributed by atoms with van der Waals surface area (Å²) in [5, 5.41) is 5.38. The van der Waals surface area contributed by atoms with Crippen molar-refractivity contribution >= 4 is 34.9 Å². The number of nitrogens with one attached hydrogen (secondary N) is 2. The zero-order valence-corrected chi connectivity index (χ0v) is 19.4. The molecule has 1 atom stereocenters. The van der Waals surface area contributed by atoms with Gasteiger partial charge in [0.2, 0.25) is 0 Å². The van der Waals surface area contributed by atoms with Crippen LogP contribution in [0.4, 0.5) is 10.2 Å². The van der Waals surface area contributed by atoms with Gasteiger partial charge in [0.05, 0.1) is 23.2 Å². The number of anilines is 1. The normalized spacial score (nSPS) is 15.5. The van der Waals surface area contributed by atoms with Crippen molar-refractivity contribution in [2.75, 3.05) is 5.32 Å². The summed E-state index contributed by atoms with van der Waals surface area (Å²) in [6.07, 6.45) is -0.290. The summed E-state index contributed by atoms with van der Waals surface area (Å²) in [5.74, 6) is -0.639. The van der Waals surface area contributed by atoms with Gasteiger partial charge in [0.1, 0.15) is 11.6 Å². The lowest BCUT2D eigenvalue weighted by atomic mass is 9.86. The number of aromatic amines is 1. The number of nitrogens with zero attached hydrogens (tertiary/aromatic N) is 1. The molecule has 4 rings (SSSR count). The number of H-pyrrole nitrogens is 1. The highest BCUT2D eigenvalue weighted by atomic mass is 32.2. The van der Waals surface area contributed by atoms with Crippen LogP contribution in [-0.4, -0.2) is 22.0 Å². The Morgan fingerprint density at radius 2 is 2.06 bits per heavy atom. The van der Waals surface area contributed by atoms with Crippen molar-refractivity contribution < 1.29 is 13.9 Å². The lowest BCUT2D eigenvalue weighted by Crippen LogP contribution is -2.31. The average molecular weight is 472 g/mol. The van der Waals surface area contributed by atoms with Crippen LogP contribution in [0.3, 0.4) is 0 Å². The number of esters is 1. The molecule has 3 aromatic rings. The number of allylic oxidation sites excluding steroid dienone is 1. The van der Waals surface area contributed by atoms with Crippen molar-refractivity contribution in [1.82, 2.24) is 9.97 Å². The fraction of sp³-hybridized carbons (Fsp3) is 0.261. The van der Waals surface area contributed by atoms with Gasteiger partial charge in [-0.1, -0.05) is 36.0 Å². The summed E-state index contributed by atoms with van der Waals surface area (Å²) < 4.78 is 19.4. The third-order valence-electron chi connectivity index (χ3n) is 4.93. The molecule has 1 aliphatic rings. The highest BCUT2D eigenvalue weighted by molar-refractivity contribution is 7.98. The smallest absolute Gasteiger partial charge is 0.337 e. The molecular formula is C23H22FN3O3S2. The zero-order chi connectivity index (χ0) is 22.8. The molecule has 1 aliphatic heterocycles. The van der Waals surface area contributed by atoms with E-state index in [-0.39, 0.29) is 17.5 Å². The van der Waals surface area contributed by atoms with Gasteiger partial charge in [0, 0.05) is 16.3 Å². The van der Waals surface area contributed by atoms with Crippen molar-refractivity contribution in [3.8, 4) is 0 Å². The molecule has 0 aliphatic carbocycles. The minimum Gasteiger partial charge on any atom is -0.460 e. The molecule has 0 saturated heterocycles. The number of carbonyl (C=O) groups is 1. The van der Waals surface area contributed by atoms with Crippen LogP contribution in [0.2, 0.25) is 0 Å². The fourth-order valence-electron chi connectivity index (χ4n) is 3.55. The number of carbonyl (C=O) groups excluding carboxylic acids is 1.